The first-order valence-electron chi connectivity index (χ1n) is 10.5. The van der Waals surface area contributed by atoms with E-state index in [1.807, 2.05) is 0 Å². The molecule has 1 aliphatic rings. The number of sulfonamides is 1. The highest BCUT2D eigenvalue weighted by molar-refractivity contribution is 7.89. The van der Waals surface area contributed by atoms with Crippen molar-refractivity contribution < 1.29 is 58.8 Å². The Morgan fingerprint density at radius 1 is 1.05 bits per heavy atom. The number of rotatable bonds is 7. The van der Waals surface area contributed by atoms with Gasteiger partial charge in [-0.05, 0) is 18.2 Å². The third kappa shape index (κ3) is 6.34. The van der Waals surface area contributed by atoms with Crippen molar-refractivity contribution in [3.8, 4) is 23.6 Å². The van der Waals surface area contributed by atoms with E-state index in [0.29, 0.717) is 34.6 Å². The SMILES string of the molecule is N#Cc1cc(OCC(F)(F)F)c(O[C@H]2CN(S(=O)(=O)c3ccc(C(F)(F)F)cc3C#N)C[C@@]2(O)CO)cc1F. The molecule has 0 radical (unpaired) electrons. The Morgan fingerprint density at radius 3 is 2.23 bits per heavy atom. The number of alkyl halides is 6. The van der Waals surface area contributed by atoms with Crippen molar-refractivity contribution in [1.29, 1.82) is 10.5 Å². The second-order valence-electron chi connectivity index (χ2n) is 8.28. The molecule has 0 unspecified atom stereocenters. The minimum Gasteiger partial charge on any atom is -0.482 e. The van der Waals surface area contributed by atoms with Gasteiger partial charge in [-0.1, -0.05) is 0 Å². The number of nitriles is 2. The summed E-state index contributed by atoms with van der Waals surface area (Å²) in [5.74, 6) is -2.83. The van der Waals surface area contributed by atoms with Crippen molar-refractivity contribution in [1.82, 2.24) is 4.31 Å². The second kappa shape index (κ2) is 10.5. The van der Waals surface area contributed by atoms with Gasteiger partial charge in [0.15, 0.2) is 18.1 Å². The molecule has 9 nitrogen and oxygen atoms in total. The van der Waals surface area contributed by atoms with Gasteiger partial charge < -0.3 is 19.7 Å². The van der Waals surface area contributed by atoms with Gasteiger partial charge in [0.05, 0.1) is 34.7 Å². The number of nitrogens with zero attached hydrogens (tertiary/aromatic N) is 3. The summed E-state index contributed by atoms with van der Waals surface area (Å²) in [5.41, 5.74) is -5.35. The van der Waals surface area contributed by atoms with Gasteiger partial charge in [-0.15, -0.1) is 0 Å². The molecule has 17 heteroatoms. The summed E-state index contributed by atoms with van der Waals surface area (Å²) in [6, 6.07) is 5.03. The van der Waals surface area contributed by atoms with Crippen LogP contribution in [0.15, 0.2) is 35.2 Å². The monoisotopic (exact) mass is 583 g/mol. The van der Waals surface area contributed by atoms with E-state index < -0.39 is 99.3 Å². The maximum Gasteiger partial charge on any atom is 0.422 e. The average Bonchev–Trinajstić information content (AvgIpc) is 3.19. The molecule has 2 aromatic carbocycles. The number of hydrogen-bond donors (Lipinski definition) is 2. The van der Waals surface area contributed by atoms with Crippen molar-refractivity contribution in [2.24, 2.45) is 0 Å². The third-order valence-corrected chi connectivity index (χ3v) is 7.42. The molecular weight excluding hydrogens is 567 g/mol. The largest absolute Gasteiger partial charge is 0.482 e. The Morgan fingerprint density at radius 2 is 1.69 bits per heavy atom. The second-order valence-corrected chi connectivity index (χ2v) is 10.2. The lowest BCUT2D eigenvalue weighted by Gasteiger charge is -2.28. The molecule has 1 fully saturated rings. The smallest absolute Gasteiger partial charge is 0.422 e. The van der Waals surface area contributed by atoms with Gasteiger partial charge in [0.25, 0.3) is 0 Å². The molecule has 0 bridgehead atoms. The topological polar surface area (TPSA) is 144 Å². The van der Waals surface area contributed by atoms with E-state index in [2.05, 4.69) is 4.74 Å². The fraction of sp³-hybridized carbons (Fsp3) is 0.364. The fourth-order valence-electron chi connectivity index (χ4n) is 3.60. The highest BCUT2D eigenvalue weighted by Crippen LogP contribution is 2.38. The summed E-state index contributed by atoms with van der Waals surface area (Å²) in [6.07, 6.45) is -11.5. The first-order valence-corrected chi connectivity index (χ1v) is 11.9. The number of aliphatic hydroxyl groups is 2. The minimum absolute atomic E-state index is 0.305. The van der Waals surface area contributed by atoms with Crippen molar-refractivity contribution in [3.05, 3.63) is 52.8 Å². The Bertz CT molecular complexity index is 1450. The van der Waals surface area contributed by atoms with Gasteiger partial charge in [-0.25, -0.2) is 12.8 Å². The third-order valence-electron chi connectivity index (χ3n) is 5.55. The lowest BCUT2D eigenvalue weighted by molar-refractivity contribution is -0.153. The molecule has 1 heterocycles. The zero-order valence-corrected chi connectivity index (χ0v) is 20.0. The lowest BCUT2D eigenvalue weighted by Crippen LogP contribution is -2.48. The van der Waals surface area contributed by atoms with Gasteiger partial charge in [-0.3, -0.25) is 0 Å². The molecule has 0 saturated carbocycles. The van der Waals surface area contributed by atoms with Crippen molar-refractivity contribution >= 4 is 10.0 Å². The molecular formula is C22H16F7N3O6S. The Kier molecular flexibility index (Phi) is 8.05. The molecule has 0 spiro atoms. The molecule has 2 N–H and O–H groups in total. The van der Waals surface area contributed by atoms with Gasteiger partial charge in [0, 0.05) is 18.7 Å². The van der Waals surface area contributed by atoms with Crippen LogP contribution in [0.25, 0.3) is 0 Å². The molecule has 2 atom stereocenters. The van der Waals surface area contributed by atoms with Crippen LogP contribution in [0, 0.1) is 28.5 Å². The highest BCUT2D eigenvalue weighted by Gasteiger charge is 2.51. The van der Waals surface area contributed by atoms with Crippen LogP contribution in [0.4, 0.5) is 30.7 Å². The summed E-state index contributed by atoms with van der Waals surface area (Å²) >= 11 is 0. The average molecular weight is 583 g/mol. The van der Waals surface area contributed by atoms with E-state index in [9.17, 15) is 54.6 Å². The Hall–Kier alpha value is -3.64. The maximum absolute atomic E-state index is 14.2. The first kappa shape index (κ1) is 29.9. The zero-order chi connectivity index (χ0) is 29.4. The van der Waals surface area contributed by atoms with Gasteiger partial charge >= 0.3 is 12.4 Å². The molecule has 210 valence electrons. The number of ether oxygens (including phenoxy) is 2. The van der Waals surface area contributed by atoms with Gasteiger partial charge in [-0.2, -0.15) is 41.2 Å². The van der Waals surface area contributed by atoms with Crippen LogP contribution < -0.4 is 9.47 Å². The number of benzene rings is 2. The van der Waals surface area contributed by atoms with E-state index >= 15 is 0 Å². The van der Waals surface area contributed by atoms with Crippen LogP contribution in [-0.2, 0) is 16.2 Å². The summed E-state index contributed by atoms with van der Waals surface area (Å²) in [7, 11) is -4.81. The molecule has 0 amide bonds. The van der Waals surface area contributed by atoms with Crippen LogP contribution >= 0.6 is 0 Å². The molecule has 39 heavy (non-hydrogen) atoms. The highest BCUT2D eigenvalue weighted by atomic mass is 32.2. The number of aliphatic hydroxyl groups excluding tert-OH is 1. The van der Waals surface area contributed by atoms with Crippen LogP contribution in [-0.4, -0.2) is 67.1 Å². The molecule has 2 aromatic rings. The normalized spacial score (nSPS) is 20.3. The van der Waals surface area contributed by atoms with E-state index in [-0.39, 0.29) is 0 Å². The predicted octanol–water partition coefficient (Wildman–Crippen LogP) is 2.70. The number of hydrogen-bond acceptors (Lipinski definition) is 8. The van der Waals surface area contributed by atoms with Crippen molar-refractivity contribution in [2.45, 2.75) is 29.0 Å². The van der Waals surface area contributed by atoms with E-state index in [1.54, 1.807) is 0 Å². The summed E-state index contributed by atoms with van der Waals surface area (Å²) in [4.78, 5) is -0.863. The Balaban J connectivity index is 1.98. The molecule has 0 aliphatic carbocycles. The number of halogens is 7. The first-order chi connectivity index (χ1) is 17.9. The van der Waals surface area contributed by atoms with Gasteiger partial charge in [0.2, 0.25) is 10.0 Å². The minimum atomic E-state index is -4.89. The van der Waals surface area contributed by atoms with Gasteiger partial charge in [0.1, 0.15) is 29.7 Å². The van der Waals surface area contributed by atoms with E-state index in [4.69, 9.17) is 10.00 Å². The van der Waals surface area contributed by atoms with Crippen LogP contribution in [0.1, 0.15) is 16.7 Å². The standard InChI is InChI=1S/C22H16F7N3O6S/c23-15-5-17(16(4-12(15)6-30)37-11-21(24,25)26)38-19-8-32(9-20(19,34)10-33)39(35,36)18-2-1-14(22(27,28)29)3-13(18)7-31/h1-5,19,33-34H,8-11H2/t19-,20+/m0/s1. The van der Waals surface area contributed by atoms with Crippen LogP contribution in [0.5, 0.6) is 11.5 Å². The van der Waals surface area contributed by atoms with Crippen LogP contribution in [0.3, 0.4) is 0 Å². The summed E-state index contributed by atoms with van der Waals surface area (Å²) < 4.78 is 128. The van der Waals surface area contributed by atoms with Crippen molar-refractivity contribution in [2.75, 3.05) is 26.3 Å². The molecule has 1 aliphatic heterocycles. The van der Waals surface area contributed by atoms with E-state index in [1.165, 1.54) is 12.1 Å². The molecule has 1 saturated heterocycles. The summed E-state index contributed by atoms with van der Waals surface area (Å²) in [5, 5.41) is 38.8. The molecule has 0 aromatic heterocycles. The van der Waals surface area contributed by atoms with Crippen molar-refractivity contribution in [3.63, 3.8) is 0 Å². The quantitative estimate of drug-likeness (QED) is 0.474. The number of β-amino-alcohol motifs (C(OH)–C–C–N with tert-alkyl or cyclic N) is 1. The zero-order valence-electron chi connectivity index (χ0n) is 19.2. The lowest BCUT2D eigenvalue weighted by atomic mass is 10.0. The van der Waals surface area contributed by atoms with Crippen LogP contribution in [0.2, 0.25) is 0 Å². The summed E-state index contributed by atoms with van der Waals surface area (Å²) in [6.45, 7) is -4.84. The van der Waals surface area contributed by atoms with E-state index in [0.717, 1.165) is 0 Å². The maximum atomic E-state index is 14.2. The predicted molar refractivity (Wildman–Crippen MR) is 114 cm³/mol. The fourth-order valence-corrected chi connectivity index (χ4v) is 5.23. The molecule has 3 rings (SSSR count). The Labute approximate surface area is 215 Å².